The van der Waals surface area contributed by atoms with E-state index in [0.29, 0.717) is 4.34 Å². The number of hydrogen-bond donors (Lipinski definition) is 0. The molecule has 0 aliphatic carbocycles. The Morgan fingerprint density at radius 1 is 1.38 bits per heavy atom. The minimum atomic E-state index is -1.42. The highest BCUT2D eigenvalue weighted by Gasteiger charge is 2.27. The molecule has 0 aliphatic heterocycles. The third-order valence-electron chi connectivity index (χ3n) is 3.00. The molecule has 0 aliphatic rings. The summed E-state index contributed by atoms with van der Waals surface area (Å²) in [7, 11) is 0. The lowest BCUT2D eigenvalue weighted by atomic mass is 10.2. The van der Waals surface area contributed by atoms with E-state index >= 15 is 0 Å². The molecule has 1 unspecified atom stereocenters. The van der Waals surface area contributed by atoms with Crippen LogP contribution in [-0.2, 0) is 16.0 Å². The summed E-state index contributed by atoms with van der Waals surface area (Å²) in [6.07, 6.45) is 1.68. The summed E-state index contributed by atoms with van der Waals surface area (Å²) in [5, 5.41) is 0. The fourth-order valence-corrected chi connectivity index (χ4v) is 4.39. The van der Waals surface area contributed by atoms with Crippen LogP contribution in [0.5, 0.6) is 0 Å². The van der Waals surface area contributed by atoms with Gasteiger partial charge in [0, 0.05) is 29.5 Å². The Morgan fingerprint density at radius 3 is 2.62 bits per heavy atom. The van der Waals surface area contributed by atoms with Crippen LogP contribution in [0, 0.1) is 0 Å². The van der Waals surface area contributed by atoms with E-state index < -0.39 is 11.2 Å². The van der Waals surface area contributed by atoms with E-state index in [1.54, 1.807) is 17.2 Å². The van der Waals surface area contributed by atoms with Crippen LogP contribution in [0.2, 0.25) is 0 Å². The van der Waals surface area contributed by atoms with Gasteiger partial charge in [-0.25, -0.2) is 4.98 Å². The van der Waals surface area contributed by atoms with Gasteiger partial charge in [0.25, 0.3) is 5.91 Å². The van der Waals surface area contributed by atoms with Gasteiger partial charge in [-0.1, -0.05) is 0 Å². The summed E-state index contributed by atoms with van der Waals surface area (Å²) < 4.78 is 12.8. The minimum Gasteiger partial charge on any atom is -0.609 e. The molecule has 2 aromatic rings. The number of hydrogen-bond acceptors (Lipinski definition) is 5. The number of nitrogens with zero attached hydrogens (tertiary/aromatic N) is 3. The third-order valence-corrected chi connectivity index (χ3v) is 5.57. The molecular formula is C14H19N3O2S2. The second kappa shape index (κ2) is 6.72. The molecule has 0 bridgehead atoms. The first kappa shape index (κ1) is 16.2. The van der Waals surface area contributed by atoms with Gasteiger partial charge in [-0.2, -0.15) is 4.98 Å². The molecule has 1 atom stereocenters. The molecule has 5 nitrogen and oxygen atoms in total. The molecule has 7 heteroatoms. The molecule has 0 aromatic carbocycles. The summed E-state index contributed by atoms with van der Waals surface area (Å²) in [5.74, 6) is -0.138. The lowest BCUT2D eigenvalue weighted by Gasteiger charge is -2.30. The van der Waals surface area contributed by atoms with E-state index in [1.807, 2.05) is 33.8 Å². The number of aromatic nitrogens is 2. The zero-order chi connectivity index (χ0) is 15.6. The highest BCUT2D eigenvalue weighted by Crippen LogP contribution is 2.24. The summed E-state index contributed by atoms with van der Waals surface area (Å²) in [4.78, 5) is 23.3. The molecule has 0 saturated carbocycles. The second-order valence-corrected chi connectivity index (χ2v) is 7.89. The highest BCUT2D eigenvalue weighted by atomic mass is 32.2. The third kappa shape index (κ3) is 3.72. The molecule has 2 aromatic heterocycles. The molecule has 21 heavy (non-hydrogen) atoms. The van der Waals surface area contributed by atoms with Crippen LogP contribution in [0.3, 0.4) is 0 Å². The van der Waals surface area contributed by atoms with E-state index in [9.17, 15) is 9.35 Å². The Kier molecular flexibility index (Phi) is 5.18. The molecule has 2 rings (SSSR count). The number of thiazole rings is 1. The predicted octanol–water partition coefficient (Wildman–Crippen LogP) is 2.44. The van der Waals surface area contributed by atoms with Crippen LogP contribution >= 0.6 is 11.3 Å². The van der Waals surface area contributed by atoms with Crippen LogP contribution in [0.4, 0.5) is 0 Å². The first-order chi connectivity index (χ1) is 9.90. The Labute approximate surface area is 131 Å². The van der Waals surface area contributed by atoms with Gasteiger partial charge in [0.1, 0.15) is 10.3 Å². The molecule has 0 saturated heterocycles. The molecule has 114 valence electrons. The number of amides is 1. The lowest BCUT2D eigenvalue weighted by Crippen LogP contribution is -2.44. The van der Waals surface area contributed by atoms with Gasteiger partial charge >= 0.3 is 4.34 Å². The first-order valence-corrected chi connectivity index (χ1v) is 8.94. The van der Waals surface area contributed by atoms with Crippen molar-refractivity contribution in [2.45, 2.75) is 44.1 Å². The van der Waals surface area contributed by atoms with Gasteiger partial charge in [-0.05, 0) is 51.2 Å². The van der Waals surface area contributed by atoms with Gasteiger partial charge in [-0.15, -0.1) is 0 Å². The Hall–Kier alpha value is -1.18. The van der Waals surface area contributed by atoms with Crippen LogP contribution in [0.1, 0.15) is 27.7 Å². The monoisotopic (exact) mass is 325 g/mol. The van der Waals surface area contributed by atoms with Crippen molar-refractivity contribution in [3.05, 3.63) is 18.3 Å². The zero-order valence-corrected chi connectivity index (χ0v) is 14.2. The van der Waals surface area contributed by atoms with Crippen LogP contribution in [0.15, 0.2) is 22.7 Å². The largest absolute Gasteiger partial charge is 0.609 e. The topological polar surface area (TPSA) is 69.2 Å². The summed E-state index contributed by atoms with van der Waals surface area (Å²) in [5.41, 5.74) is 0.725. The minimum absolute atomic E-state index is 0.0316. The highest BCUT2D eigenvalue weighted by molar-refractivity contribution is 7.94. The van der Waals surface area contributed by atoms with Crippen molar-refractivity contribution in [2.75, 3.05) is 5.75 Å². The normalized spacial score (nSPS) is 13.1. The maximum absolute atomic E-state index is 12.4. The van der Waals surface area contributed by atoms with Crippen molar-refractivity contribution in [1.82, 2.24) is 14.9 Å². The van der Waals surface area contributed by atoms with Crippen LogP contribution in [0.25, 0.3) is 10.3 Å². The molecule has 0 N–H and O–H groups in total. The fourth-order valence-electron chi connectivity index (χ4n) is 2.27. The fraction of sp³-hybridized carbons (Fsp3) is 0.500. The van der Waals surface area contributed by atoms with Crippen molar-refractivity contribution in [2.24, 2.45) is 0 Å². The van der Waals surface area contributed by atoms with Crippen molar-refractivity contribution >= 4 is 38.8 Å². The Balaban J connectivity index is 2.13. The first-order valence-electron chi connectivity index (χ1n) is 6.81. The quantitative estimate of drug-likeness (QED) is 0.792. The maximum atomic E-state index is 12.4. The molecular weight excluding hydrogens is 306 g/mol. The van der Waals surface area contributed by atoms with Crippen molar-refractivity contribution in [1.29, 1.82) is 0 Å². The summed E-state index contributed by atoms with van der Waals surface area (Å²) >= 11 is -0.141. The number of pyridine rings is 1. The number of rotatable bonds is 5. The Morgan fingerprint density at radius 2 is 2.05 bits per heavy atom. The number of carbonyl (C=O) groups is 1. The van der Waals surface area contributed by atoms with Crippen LogP contribution in [-0.4, -0.2) is 43.2 Å². The van der Waals surface area contributed by atoms with E-state index in [2.05, 4.69) is 9.97 Å². The van der Waals surface area contributed by atoms with Gasteiger partial charge in [0.05, 0.1) is 0 Å². The number of fused-ring (bicyclic) bond motifs is 1. The van der Waals surface area contributed by atoms with Crippen LogP contribution < -0.4 is 0 Å². The van der Waals surface area contributed by atoms with E-state index in [0.717, 1.165) is 10.3 Å². The zero-order valence-electron chi connectivity index (χ0n) is 12.6. The molecule has 1 amide bonds. The Bertz CT molecular complexity index is 586. The second-order valence-electron chi connectivity index (χ2n) is 5.29. The van der Waals surface area contributed by atoms with Gasteiger partial charge in [-0.3, -0.25) is 4.79 Å². The molecule has 0 fully saturated rings. The van der Waals surface area contributed by atoms with E-state index in [4.69, 9.17) is 0 Å². The molecule has 0 radical (unpaired) electrons. The summed E-state index contributed by atoms with van der Waals surface area (Å²) in [6.45, 7) is 7.84. The van der Waals surface area contributed by atoms with Gasteiger partial charge in [0.2, 0.25) is 0 Å². The van der Waals surface area contributed by atoms with E-state index in [1.165, 1.54) is 11.3 Å². The number of carbonyl (C=O) groups excluding carboxylic acids is 1. The van der Waals surface area contributed by atoms with Gasteiger partial charge in [0.15, 0.2) is 5.75 Å². The lowest BCUT2D eigenvalue weighted by molar-refractivity contribution is -0.131. The molecule has 0 spiro atoms. The average Bonchev–Trinajstić information content (AvgIpc) is 2.81. The van der Waals surface area contributed by atoms with E-state index in [-0.39, 0.29) is 23.7 Å². The molecule has 2 heterocycles. The SMILES string of the molecule is CC(C)N(C(=O)C[S+]([O-])c1nc2cccnc2s1)C(C)C. The van der Waals surface area contributed by atoms with Crippen molar-refractivity contribution in [3.63, 3.8) is 0 Å². The van der Waals surface area contributed by atoms with Crippen molar-refractivity contribution in [3.8, 4) is 0 Å². The van der Waals surface area contributed by atoms with Crippen molar-refractivity contribution < 1.29 is 9.35 Å². The van der Waals surface area contributed by atoms with Gasteiger partial charge < -0.3 is 9.45 Å². The summed E-state index contributed by atoms with van der Waals surface area (Å²) in [6, 6.07) is 3.80. The maximum Gasteiger partial charge on any atom is 0.304 e. The smallest absolute Gasteiger partial charge is 0.304 e. The standard InChI is InChI=1S/C14H19N3O2S2/c1-9(2)17(10(3)4)12(18)8-21(19)14-16-11-6-5-7-15-13(11)20-14/h5-7,9-10H,8H2,1-4H3. The average molecular weight is 325 g/mol. The predicted molar refractivity (Wildman–Crippen MR) is 85.8 cm³/mol.